The lowest BCUT2D eigenvalue weighted by Crippen LogP contribution is -2.43. The quantitative estimate of drug-likeness (QED) is 0.595. The van der Waals surface area contributed by atoms with Gasteiger partial charge in [0.25, 0.3) is 0 Å². The largest absolute Gasteiger partial charge is 0.478 e. The molecule has 2 rings (SSSR count). The number of rotatable bonds is 5. The zero-order valence-corrected chi connectivity index (χ0v) is 15.8. The van der Waals surface area contributed by atoms with Gasteiger partial charge in [-0.25, -0.2) is 9.78 Å². The van der Waals surface area contributed by atoms with E-state index in [0.29, 0.717) is 23.6 Å². The van der Waals surface area contributed by atoms with E-state index in [-0.39, 0.29) is 6.09 Å². The summed E-state index contributed by atoms with van der Waals surface area (Å²) in [5.74, 6) is 1.04. The van der Waals surface area contributed by atoms with Gasteiger partial charge >= 0.3 is 6.09 Å². The van der Waals surface area contributed by atoms with Crippen molar-refractivity contribution in [2.45, 2.75) is 50.8 Å². The molecule has 1 aromatic rings. The van der Waals surface area contributed by atoms with Crippen LogP contribution in [0.3, 0.4) is 0 Å². The van der Waals surface area contributed by atoms with E-state index in [1.165, 1.54) is 11.8 Å². The first-order valence-corrected chi connectivity index (χ1v) is 9.57. The highest BCUT2D eigenvalue weighted by Crippen LogP contribution is 2.22. The average molecular weight is 353 g/mol. The molecule has 0 spiro atoms. The third-order valence-electron chi connectivity index (χ3n) is 3.74. The van der Waals surface area contributed by atoms with Crippen LogP contribution in [0, 0.1) is 5.92 Å². The van der Waals surface area contributed by atoms with Crippen molar-refractivity contribution in [3.8, 4) is 5.88 Å². The van der Waals surface area contributed by atoms with Crippen LogP contribution in [0.15, 0.2) is 17.4 Å². The van der Waals surface area contributed by atoms with Gasteiger partial charge in [0.1, 0.15) is 5.60 Å². The van der Waals surface area contributed by atoms with Crippen molar-refractivity contribution in [3.05, 3.63) is 12.3 Å². The van der Waals surface area contributed by atoms with E-state index >= 15 is 0 Å². The number of likely N-dealkylation sites (tertiary alicyclic amines) is 1. The highest BCUT2D eigenvalue weighted by molar-refractivity contribution is 7.98. The monoisotopic (exact) mass is 353 g/mol. The molecule has 0 radical (unpaired) electrons. The zero-order valence-electron chi connectivity index (χ0n) is 14.9. The highest BCUT2D eigenvalue weighted by atomic mass is 32.2. The number of carbonyl (C=O) groups is 1. The summed E-state index contributed by atoms with van der Waals surface area (Å²) >= 11 is 1.49. The molecule has 24 heavy (non-hydrogen) atoms. The van der Waals surface area contributed by atoms with Crippen LogP contribution in [0.5, 0.6) is 5.88 Å². The van der Waals surface area contributed by atoms with E-state index in [0.717, 1.165) is 32.4 Å². The van der Waals surface area contributed by atoms with Gasteiger partial charge in [0.2, 0.25) is 5.88 Å². The van der Waals surface area contributed by atoms with E-state index in [9.17, 15) is 4.79 Å². The molecule has 1 atom stereocenters. The summed E-state index contributed by atoms with van der Waals surface area (Å²) in [6.45, 7) is 7.78. The van der Waals surface area contributed by atoms with Gasteiger partial charge in [-0.2, -0.15) is 4.98 Å². The second-order valence-corrected chi connectivity index (χ2v) is 7.73. The predicted molar refractivity (Wildman–Crippen MR) is 94.5 cm³/mol. The van der Waals surface area contributed by atoms with E-state index < -0.39 is 5.60 Å². The molecule has 2 heterocycles. The van der Waals surface area contributed by atoms with Crippen LogP contribution in [-0.4, -0.2) is 52.5 Å². The molecule has 134 valence electrons. The number of aromatic nitrogens is 2. The second-order valence-electron chi connectivity index (χ2n) is 6.95. The number of thioether (sulfide) groups is 1. The van der Waals surface area contributed by atoms with Crippen LogP contribution >= 0.6 is 11.8 Å². The molecule has 1 saturated heterocycles. The van der Waals surface area contributed by atoms with E-state index in [4.69, 9.17) is 9.47 Å². The minimum atomic E-state index is -0.449. The van der Waals surface area contributed by atoms with Crippen LogP contribution in [0.2, 0.25) is 0 Å². The summed E-state index contributed by atoms with van der Waals surface area (Å²) in [6.07, 6.45) is 6.45. The Hall–Kier alpha value is -1.50. The van der Waals surface area contributed by atoms with Gasteiger partial charge in [0.15, 0.2) is 5.16 Å². The van der Waals surface area contributed by atoms with Gasteiger partial charge in [-0.15, -0.1) is 0 Å². The summed E-state index contributed by atoms with van der Waals surface area (Å²) < 4.78 is 11.2. The molecule has 0 saturated carbocycles. The fourth-order valence-corrected chi connectivity index (χ4v) is 2.97. The minimum absolute atomic E-state index is 0.214. The number of ether oxygens (including phenoxy) is 2. The lowest BCUT2D eigenvalue weighted by Gasteiger charge is -2.34. The van der Waals surface area contributed by atoms with E-state index in [1.54, 1.807) is 12.3 Å². The number of carbonyl (C=O) groups excluding carboxylic acids is 1. The molecule has 1 aliphatic heterocycles. The molecule has 1 aromatic heterocycles. The molecule has 7 heteroatoms. The SMILES string of the molecule is CSc1nccc(OCC[C@@H]2CCCN(C(=O)OC(C)(C)C)C2)n1. The van der Waals surface area contributed by atoms with Crippen molar-refractivity contribution < 1.29 is 14.3 Å². The number of piperidine rings is 1. The number of hydrogen-bond acceptors (Lipinski definition) is 6. The van der Waals surface area contributed by atoms with Crippen molar-refractivity contribution in [2.75, 3.05) is 26.0 Å². The first-order valence-electron chi connectivity index (χ1n) is 8.35. The van der Waals surface area contributed by atoms with Gasteiger partial charge in [-0.1, -0.05) is 11.8 Å². The van der Waals surface area contributed by atoms with Gasteiger partial charge < -0.3 is 14.4 Å². The van der Waals surface area contributed by atoms with Gasteiger partial charge in [-0.05, 0) is 52.2 Å². The molecule has 6 nitrogen and oxygen atoms in total. The molecule has 0 aliphatic carbocycles. The van der Waals surface area contributed by atoms with Crippen molar-refractivity contribution in [2.24, 2.45) is 5.92 Å². The van der Waals surface area contributed by atoms with Crippen LogP contribution in [-0.2, 0) is 4.74 Å². The number of hydrogen-bond donors (Lipinski definition) is 0. The first-order chi connectivity index (χ1) is 11.4. The molecule has 0 bridgehead atoms. The smallest absolute Gasteiger partial charge is 0.410 e. The topological polar surface area (TPSA) is 64.5 Å². The summed E-state index contributed by atoms with van der Waals surface area (Å²) in [5, 5.41) is 0.710. The Bertz CT molecular complexity index is 548. The Balaban J connectivity index is 1.77. The van der Waals surface area contributed by atoms with Gasteiger partial charge in [-0.3, -0.25) is 0 Å². The third kappa shape index (κ3) is 6.19. The third-order valence-corrected chi connectivity index (χ3v) is 4.30. The van der Waals surface area contributed by atoms with Gasteiger partial charge in [0, 0.05) is 25.4 Å². The average Bonchev–Trinajstić information content (AvgIpc) is 2.54. The molecule has 0 unspecified atom stereocenters. The maximum atomic E-state index is 12.2. The first kappa shape index (κ1) is 18.8. The lowest BCUT2D eigenvalue weighted by molar-refractivity contribution is 0.0154. The van der Waals surface area contributed by atoms with Crippen molar-refractivity contribution in [3.63, 3.8) is 0 Å². The fourth-order valence-electron chi connectivity index (χ4n) is 2.63. The second kappa shape index (κ2) is 8.55. The highest BCUT2D eigenvalue weighted by Gasteiger charge is 2.27. The summed E-state index contributed by atoms with van der Waals surface area (Å²) in [6, 6.07) is 1.77. The maximum absolute atomic E-state index is 12.2. The van der Waals surface area contributed by atoms with Crippen molar-refractivity contribution in [1.82, 2.24) is 14.9 Å². The Morgan fingerprint density at radius 3 is 2.96 bits per heavy atom. The fraction of sp³-hybridized carbons (Fsp3) is 0.706. The normalized spacial score (nSPS) is 18.3. The zero-order chi connectivity index (χ0) is 17.6. The summed E-state index contributed by atoms with van der Waals surface area (Å²) in [7, 11) is 0. The van der Waals surface area contributed by atoms with Crippen LogP contribution in [0.1, 0.15) is 40.0 Å². The van der Waals surface area contributed by atoms with Crippen LogP contribution in [0.4, 0.5) is 4.79 Å². The lowest BCUT2D eigenvalue weighted by atomic mass is 9.95. The molecule has 0 aromatic carbocycles. The summed E-state index contributed by atoms with van der Waals surface area (Å²) in [5.41, 5.74) is -0.449. The Morgan fingerprint density at radius 1 is 1.46 bits per heavy atom. The number of nitrogens with zero attached hydrogens (tertiary/aromatic N) is 3. The van der Waals surface area contributed by atoms with Crippen LogP contribution in [0.25, 0.3) is 0 Å². The predicted octanol–water partition coefficient (Wildman–Crippen LogP) is 3.61. The Kier molecular flexibility index (Phi) is 6.71. The molecular weight excluding hydrogens is 326 g/mol. The summed E-state index contributed by atoms with van der Waals surface area (Å²) in [4.78, 5) is 22.4. The molecule has 1 aliphatic rings. The van der Waals surface area contributed by atoms with Gasteiger partial charge in [0.05, 0.1) is 6.61 Å². The van der Waals surface area contributed by atoms with Crippen molar-refractivity contribution in [1.29, 1.82) is 0 Å². The minimum Gasteiger partial charge on any atom is -0.478 e. The number of amides is 1. The standard InChI is InChI=1S/C17H27N3O3S/c1-17(2,3)23-16(21)20-10-5-6-13(12-20)8-11-22-14-7-9-18-15(19-14)24-4/h7,9,13H,5-6,8,10-12H2,1-4H3/t13-/m0/s1. The Morgan fingerprint density at radius 2 is 2.25 bits per heavy atom. The molecule has 1 fully saturated rings. The van der Waals surface area contributed by atoms with E-state index in [1.807, 2.05) is 31.9 Å². The van der Waals surface area contributed by atoms with Crippen LogP contribution < -0.4 is 4.74 Å². The molecular formula is C17H27N3O3S. The Labute approximate surface area is 148 Å². The van der Waals surface area contributed by atoms with E-state index in [2.05, 4.69) is 9.97 Å². The molecule has 1 amide bonds. The maximum Gasteiger partial charge on any atom is 0.410 e. The van der Waals surface area contributed by atoms with Crippen molar-refractivity contribution >= 4 is 17.9 Å². The molecule has 0 N–H and O–H groups in total.